The predicted molar refractivity (Wildman–Crippen MR) is 79.7 cm³/mol. The number of piperidine rings is 1. The van der Waals surface area contributed by atoms with Crippen LogP contribution < -0.4 is 0 Å². The quantitative estimate of drug-likeness (QED) is 0.908. The topological polar surface area (TPSA) is 69.8 Å². The Morgan fingerprint density at radius 2 is 2.09 bits per heavy atom. The van der Waals surface area contributed by atoms with Crippen molar-refractivity contribution >= 4 is 6.09 Å². The Morgan fingerprint density at radius 1 is 1.32 bits per heavy atom. The lowest BCUT2D eigenvalue weighted by Crippen LogP contribution is -2.54. The maximum Gasteiger partial charge on any atom is 0.407 e. The van der Waals surface area contributed by atoms with E-state index in [9.17, 15) is 4.79 Å². The molecule has 6 nitrogen and oxygen atoms in total. The standard InChI is InChI=1S/C16H23N3O3/c20-15(21)19-7-4-16(11-19)9-13(10-16)18-5-1-12(2-6-18)14-3-8-22-17-14/h3,8,12-13H,1-2,4-7,9-11H2,(H,20,21). The second-order valence-electron chi connectivity index (χ2n) is 7.25. The smallest absolute Gasteiger partial charge is 0.407 e. The van der Waals surface area contributed by atoms with Gasteiger partial charge in [-0.1, -0.05) is 5.16 Å². The highest BCUT2D eigenvalue weighted by Gasteiger charge is 2.51. The largest absolute Gasteiger partial charge is 0.465 e. The highest BCUT2D eigenvalue weighted by molar-refractivity contribution is 5.65. The van der Waals surface area contributed by atoms with Crippen molar-refractivity contribution < 1.29 is 14.4 Å². The van der Waals surface area contributed by atoms with Gasteiger partial charge in [-0.2, -0.15) is 0 Å². The molecule has 1 aromatic heterocycles. The monoisotopic (exact) mass is 305 g/mol. The van der Waals surface area contributed by atoms with Crippen molar-refractivity contribution in [2.24, 2.45) is 5.41 Å². The van der Waals surface area contributed by atoms with E-state index in [0.29, 0.717) is 12.0 Å². The zero-order valence-corrected chi connectivity index (χ0v) is 12.8. The maximum absolute atomic E-state index is 11.1. The summed E-state index contributed by atoms with van der Waals surface area (Å²) >= 11 is 0. The van der Waals surface area contributed by atoms with Crippen molar-refractivity contribution in [3.63, 3.8) is 0 Å². The van der Waals surface area contributed by atoms with Gasteiger partial charge >= 0.3 is 6.09 Å². The second-order valence-corrected chi connectivity index (χ2v) is 7.25. The van der Waals surface area contributed by atoms with Crippen molar-refractivity contribution in [1.82, 2.24) is 15.0 Å². The van der Waals surface area contributed by atoms with Crippen molar-refractivity contribution in [2.45, 2.75) is 44.1 Å². The molecule has 1 aromatic rings. The SMILES string of the molecule is O=C(O)N1CCC2(CC(N3CCC(c4ccon4)CC3)C2)C1. The number of nitrogens with zero attached hydrogens (tertiary/aromatic N) is 3. The van der Waals surface area contributed by atoms with Crippen LogP contribution in [0.5, 0.6) is 0 Å². The molecule has 2 saturated heterocycles. The van der Waals surface area contributed by atoms with E-state index >= 15 is 0 Å². The molecular weight excluding hydrogens is 282 g/mol. The van der Waals surface area contributed by atoms with Crippen LogP contribution in [-0.4, -0.2) is 58.4 Å². The number of carboxylic acid groups (broad SMARTS) is 1. The summed E-state index contributed by atoms with van der Waals surface area (Å²) in [4.78, 5) is 15.3. The Hall–Kier alpha value is -1.56. The fraction of sp³-hybridized carbons (Fsp3) is 0.750. The van der Waals surface area contributed by atoms with Crippen LogP contribution in [0.4, 0.5) is 4.79 Å². The first-order chi connectivity index (χ1) is 10.7. The van der Waals surface area contributed by atoms with Crippen LogP contribution in [0.2, 0.25) is 0 Å². The molecule has 1 saturated carbocycles. The molecule has 1 aliphatic carbocycles. The van der Waals surface area contributed by atoms with Crippen molar-refractivity contribution in [1.29, 1.82) is 0 Å². The summed E-state index contributed by atoms with van der Waals surface area (Å²) in [5.74, 6) is 0.540. The Bertz CT molecular complexity index is 531. The van der Waals surface area contributed by atoms with Gasteiger partial charge in [0, 0.05) is 31.1 Å². The number of carbonyl (C=O) groups is 1. The molecule has 3 heterocycles. The van der Waals surface area contributed by atoms with Gasteiger partial charge in [0.25, 0.3) is 0 Å². The summed E-state index contributed by atoms with van der Waals surface area (Å²) in [6.45, 7) is 3.71. The lowest BCUT2D eigenvalue weighted by atomic mass is 9.64. The molecule has 0 unspecified atom stereocenters. The number of likely N-dealkylation sites (tertiary alicyclic amines) is 2. The molecule has 4 rings (SSSR count). The van der Waals surface area contributed by atoms with E-state index in [1.54, 1.807) is 11.2 Å². The molecule has 1 amide bonds. The summed E-state index contributed by atoms with van der Waals surface area (Å²) in [7, 11) is 0. The third kappa shape index (κ3) is 2.39. The fourth-order valence-electron chi connectivity index (χ4n) is 4.62. The van der Waals surface area contributed by atoms with Crippen LogP contribution >= 0.6 is 0 Å². The zero-order chi connectivity index (χ0) is 15.2. The Labute approximate surface area is 130 Å². The molecule has 1 N–H and O–H groups in total. The Kier molecular flexibility index (Phi) is 3.36. The van der Waals surface area contributed by atoms with Gasteiger partial charge in [-0.25, -0.2) is 4.79 Å². The molecule has 0 bridgehead atoms. The molecular formula is C16H23N3O3. The first-order valence-electron chi connectivity index (χ1n) is 8.27. The van der Waals surface area contributed by atoms with Crippen molar-refractivity contribution in [3.05, 3.63) is 18.0 Å². The number of amides is 1. The highest BCUT2D eigenvalue weighted by atomic mass is 16.5. The lowest BCUT2D eigenvalue weighted by molar-refractivity contribution is -0.00412. The van der Waals surface area contributed by atoms with Crippen LogP contribution in [-0.2, 0) is 0 Å². The second kappa shape index (κ2) is 5.26. The van der Waals surface area contributed by atoms with Gasteiger partial charge in [0.2, 0.25) is 0 Å². The van der Waals surface area contributed by atoms with Gasteiger partial charge in [-0.05, 0) is 50.6 Å². The number of hydrogen-bond acceptors (Lipinski definition) is 4. The van der Waals surface area contributed by atoms with E-state index in [-0.39, 0.29) is 5.41 Å². The summed E-state index contributed by atoms with van der Waals surface area (Å²) < 4.78 is 4.95. The van der Waals surface area contributed by atoms with Crippen LogP contribution in [0.25, 0.3) is 0 Å². The maximum atomic E-state index is 11.1. The molecule has 1 spiro atoms. The van der Waals surface area contributed by atoms with Crippen LogP contribution in [0.15, 0.2) is 16.9 Å². The summed E-state index contributed by atoms with van der Waals surface area (Å²) in [6.07, 6.45) is 6.59. The Morgan fingerprint density at radius 3 is 2.68 bits per heavy atom. The fourth-order valence-corrected chi connectivity index (χ4v) is 4.62. The molecule has 0 radical (unpaired) electrons. The molecule has 0 aromatic carbocycles. The number of aromatic nitrogens is 1. The van der Waals surface area contributed by atoms with E-state index in [0.717, 1.165) is 51.1 Å². The first kappa shape index (κ1) is 14.1. The molecule has 2 aliphatic heterocycles. The van der Waals surface area contributed by atoms with Gasteiger partial charge in [0.1, 0.15) is 6.26 Å². The van der Waals surface area contributed by atoms with Crippen molar-refractivity contribution in [2.75, 3.05) is 26.2 Å². The predicted octanol–water partition coefficient (Wildman–Crippen LogP) is 2.39. The minimum atomic E-state index is -0.756. The van der Waals surface area contributed by atoms with Crippen molar-refractivity contribution in [3.8, 4) is 0 Å². The number of rotatable bonds is 2. The summed E-state index contributed by atoms with van der Waals surface area (Å²) in [5, 5.41) is 13.2. The van der Waals surface area contributed by atoms with E-state index in [1.807, 2.05) is 6.07 Å². The van der Waals surface area contributed by atoms with Crippen LogP contribution in [0.3, 0.4) is 0 Å². The van der Waals surface area contributed by atoms with Crippen LogP contribution in [0.1, 0.15) is 43.7 Å². The first-order valence-corrected chi connectivity index (χ1v) is 8.27. The highest BCUT2D eigenvalue weighted by Crippen LogP contribution is 2.50. The molecule has 0 atom stereocenters. The van der Waals surface area contributed by atoms with Gasteiger partial charge in [0.05, 0.1) is 5.69 Å². The minimum absolute atomic E-state index is 0.284. The van der Waals surface area contributed by atoms with Gasteiger partial charge < -0.3 is 19.4 Å². The molecule has 6 heteroatoms. The van der Waals surface area contributed by atoms with E-state index in [2.05, 4.69) is 10.1 Å². The van der Waals surface area contributed by atoms with Gasteiger partial charge in [0.15, 0.2) is 0 Å². The molecule has 3 aliphatic rings. The van der Waals surface area contributed by atoms with Gasteiger partial charge in [-0.3, -0.25) is 0 Å². The molecule has 120 valence electrons. The normalized spacial score (nSPS) is 33.3. The third-order valence-electron chi connectivity index (χ3n) is 5.97. The lowest BCUT2D eigenvalue weighted by Gasteiger charge is -2.51. The van der Waals surface area contributed by atoms with E-state index in [4.69, 9.17) is 9.63 Å². The Balaban J connectivity index is 1.27. The zero-order valence-electron chi connectivity index (χ0n) is 12.8. The number of hydrogen-bond donors (Lipinski definition) is 1. The van der Waals surface area contributed by atoms with E-state index < -0.39 is 6.09 Å². The molecule has 3 fully saturated rings. The summed E-state index contributed by atoms with van der Waals surface area (Å²) in [5.41, 5.74) is 1.38. The average Bonchev–Trinajstić information content (AvgIpc) is 3.15. The minimum Gasteiger partial charge on any atom is -0.465 e. The van der Waals surface area contributed by atoms with Crippen LogP contribution in [0, 0.1) is 5.41 Å². The third-order valence-corrected chi connectivity index (χ3v) is 5.97. The van der Waals surface area contributed by atoms with Gasteiger partial charge in [-0.15, -0.1) is 0 Å². The summed E-state index contributed by atoms with van der Waals surface area (Å²) in [6, 6.07) is 2.64. The van der Waals surface area contributed by atoms with E-state index in [1.165, 1.54) is 12.8 Å². The average molecular weight is 305 g/mol. The molecule has 22 heavy (non-hydrogen) atoms.